The normalized spacial score (nSPS) is 12.0. The van der Waals surface area contributed by atoms with E-state index in [1.807, 2.05) is 67.4 Å². The average molecular weight is 347 g/mol. The number of halogens is 1. The van der Waals surface area contributed by atoms with Crippen LogP contribution in [0, 0.1) is 0 Å². The Bertz CT molecular complexity index is 673. The quantitative estimate of drug-likeness (QED) is 0.832. The third-order valence-electron chi connectivity index (χ3n) is 3.77. The molecular formula is C19H23ClN2O2. The molecule has 2 aromatic carbocycles. The Hall–Kier alpha value is -2.04. The second-order valence-electron chi connectivity index (χ2n) is 5.83. The van der Waals surface area contributed by atoms with Gasteiger partial charge in [0.05, 0.1) is 19.7 Å². The minimum atomic E-state index is -0.124. The summed E-state index contributed by atoms with van der Waals surface area (Å²) in [7, 11) is 3.57. The van der Waals surface area contributed by atoms with Gasteiger partial charge in [-0.2, -0.15) is 0 Å². The molecule has 1 atom stereocenters. The number of nitrogens with one attached hydrogen (secondary N) is 1. The number of hydrogen-bond acceptors (Lipinski definition) is 3. The molecule has 0 fully saturated rings. The first-order valence-electron chi connectivity index (χ1n) is 7.85. The molecule has 0 spiro atoms. The third kappa shape index (κ3) is 5.25. The molecule has 4 nitrogen and oxygen atoms in total. The van der Waals surface area contributed by atoms with Gasteiger partial charge in [-0.15, -0.1) is 0 Å². The predicted octanol–water partition coefficient (Wildman–Crippen LogP) is 3.66. The van der Waals surface area contributed by atoms with Crippen LogP contribution in [0.3, 0.4) is 0 Å². The van der Waals surface area contributed by atoms with Crippen molar-refractivity contribution in [1.82, 2.24) is 10.2 Å². The Labute approximate surface area is 148 Å². The zero-order valence-electron chi connectivity index (χ0n) is 14.3. The summed E-state index contributed by atoms with van der Waals surface area (Å²) >= 11 is 6.17. The minimum Gasteiger partial charge on any atom is -0.497 e. The summed E-state index contributed by atoms with van der Waals surface area (Å²) in [5, 5.41) is 3.65. The van der Waals surface area contributed by atoms with E-state index in [0.29, 0.717) is 18.1 Å². The van der Waals surface area contributed by atoms with Crippen molar-refractivity contribution >= 4 is 17.5 Å². The van der Waals surface area contributed by atoms with Gasteiger partial charge in [-0.25, -0.2) is 0 Å². The molecule has 1 amide bonds. The van der Waals surface area contributed by atoms with Gasteiger partial charge in [0, 0.05) is 11.6 Å². The molecule has 2 aromatic rings. The highest BCUT2D eigenvalue weighted by atomic mass is 35.5. The molecule has 0 aromatic heterocycles. The molecule has 0 aliphatic carbocycles. The maximum atomic E-state index is 12.2. The smallest absolute Gasteiger partial charge is 0.234 e. The van der Waals surface area contributed by atoms with Gasteiger partial charge in [-0.3, -0.25) is 9.69 Å². The monoisotopic (exact) mass is 346 g/mol. The summed E-state index contributed by atoms with van der Waals surface area (Å²) in [6.45, 7) is 2.95. The number of hydrogen-bond donors (Lipinski definition) is 1. The standard InChI is InChI=1S/C19H23ClN2O2/c1-14(17-6-4-5-7-18(17)20)21-19(23)13-22(2)12-15-8-10-16(24-3)11-9-15/h4-11,14H,12-13H2,1-3H3,(H,21,23)/t14-/m1/s1. The van der Waals surface area contributed by atoms with Crippen LogP contribution >= 0.6 is 11.6 Å². The van der Waals surface area contributed by atoms with E-state index in [9.17, 15) is 4.79 Å². The molecule has 0 radical (unpaired) electrons. The minimum absolute atomic E-state index is 0.0292. The van der Waals surface area contributed by atoms with E-state index in [0.717, 1.165) is 16.9 Å². The van der Waals surface area contributed by atoms with E-state index in [4.69, 9.17) is 16.3 Å². The molecular weight excluding hydrogens is 324 g/mol. The van der Waals surface area contributed by atoms with Crippen LogP contribution in [0.1, 0.15) is 24.1 Å². The molecule has 0 heterocycles. The highest BCUT2D eigenvalue weighted by Gasteiger charge is 2.13. The Morgan fingerprint density at radius 1 is 1.21 bits per heavy atom. The molecule has 0 unspecified atom stereocenters. The van der Waals surface area contributed by atoms with Crippen molar-refractivity contribution in [3.05, 3.63) is 64.7 Å². The van der Waals surface area contributed by atoms with Gasteiger partial charge in [-0.05, 0) is 43.3 Å². The summed E-state index contributed by atoms with van der Waals surface area (Å²) < 4.78 is 5.15. The fraction of sp³-hybridized carbons (Fsp3) is 0.316. The van der Waals surface area contributed by atoms with Gasteiger partial charge in [0.1, 0.15) is 5.75 Å². The Balaban J connectivity index is 1.85. The highest BCUT2D eigenvalue weighted by Crippen LogP contribution is 2.22. The van der Waals surface area contributed by atoms with Crippen LogP contribution in [0.15, 0.2) is 48.5 Å². The SMILES string of the molecule is COc1ccc(CN(C)CC(=O)N[C@H](C)c2ccccc2Cl)cc1. The maximum absolute atomic E-state index is 12.2. The van der Waals surface area contributed by atoms with Gasteiger partial charge in [0.15, 0.2) is 0 Å². The predicted molar refractivity (Wildman–Crippen MR) is 97.3 cm³/mol. The topological polar surface area (TPSA) is 41.6 Å². The maximum Gasteiger partial charge on any atom is 0.234 e. The highest BCUT2D eigenvalue weighted by molar-refractivity contribution is 6.31. The summed E-state index contributed by atoms with van der Waals surface area (Å²) in [5.41, 5.74) is 2.05. The second-order valence-corrected chi connectivity index (χ2v) is 6.24. The fourth-order valence-corrected chi connectivity index (χ4v) is 2.83. The number of amides is 1. The Kier molecular flexibility index (Phi) is 6.64. The number of carbonyl (C=O) groups is 1. The summed E-state index contributed by atoms with van der Waals surface area (Å²) in [6.07, 6.45) is 0. The van der Waals surface area contributed by atoms with Crippen LogP contribution in [-0.4, -0.2) is 31.5 Å². The zero-order chi connectivity index (χ0) is 17.5. The van der Waals surface area contributed by atoms with Crippen LogP contribution in [0.25, 0.3) is 0 Å². The van der Waals surface area contributed by atoms with E-state index in [2.05, 4.69) is 5.32 Å². The van der Waals surface area contributed by atoms with Crippen molar-refractivity contribution in [2.45, 2.75) is 19.5 Å². The number of carbonyl (C=O) groups excluding carboxylic acids is 1. The van der Waals surface area contributed by atoms with Gasteiger partial charge in [0.25, 0.3) is 0 Å². The third-order valence-corrected chi connectivity index (χ3v) is 4.12. The van der Waals surface area contributed by atoms with Crippen LogP contribution in [0.4, 0.5) is 0 Å². The molecule has 128 valence electrons. The summed E-state index contributed by atoms with van der Waals surface area (Å²) in [5.74, 6) is 0.797. The molecule has 0 aliphatic heterocycles. The van der Waals surface area contributed by atoms with Crippen LogP contribution in [0.2, 0.25) is 5.02 Å². The van der Waals surface area contributed by atoms with Crippen LogP contribution < -0.4 is 10.1 Å². The number of ether oxygens (including phenoxy) is 1. The molecule has 1 N–H and O–H groups in total. The van der Waals surface area contributed by atoms with E-state index >= 15 is 0 Å². The van der Waals surface area contributed by atoms with Crippen molar-refractivity contribution in [2.24, 2.45) is 0 Å². The molecule has 5 heteroatoms. The first-order chi connectivity index (χ1) is 11.5. The Morgan fingerprint density at radius 2 is 1.88 bits per heavy atom. The lowest BCUT2D eigenvalue weighted by Crippen LogP contribution is -2.36. The first-order valence-corrected chi connectivity index (χ1v) is 8.22. The van der Waals surface area contributed by atoms with Gasteiger partial charge in [-0.1, -0.05) is 41.9 Å². The molecule has 0 bridgehead atoms. The van der Waals surface area contributed by atoms with Crippen molar-refractivity contribution in [3.63, 3.8) is 0 Å². The van der Waals surface area contributed by atoms with E-state index in [-0.39, 0.29) is 11.9 Å². The van der Waals surface area contributed by atoms with E-state index < -0.39 is 0 Å². The van der Waals surface area contributed by atoms with Gasteiger partial charge < -0.3 is 10.1 Å². The second kappa shape index (κ2) is 8.71. The lowest BCUT2D eigenvalue weighted by Gasteiger charge is -2.20. The fourth-order valence-electron chi connectivity index (χ4n) is 2.53. The van der Waals surface area contributed by atoms with Crippen molar-refractivity contribution in [3.8, 4) is 5.75 Å². The number of likely N-dealkylation sites (N-methyl/N-ethyl adjacent to an activating group) is 1. The summed E-state index contributed by atoms with van der Waals surface area (Å²) in [6, 6.07) is 15.3. The average Bonchev–Trinajstić information content (AvgIpc) is 2.55. The van der Waals surface area contributed by atoms with Crippen LogP contribution in [0.5, 0.6) is 5.75 Å². The molecule has 0 saturated heterocycles. The van der Waals surface area contributed by atoms with Crippen molar-refractivity contribution in [1.29, 1.82) is 0 Å². The number of benzene rings is 2. The lowest BCUT2D eigenvalue weighted by atomic mass is 10.1. The van der Waals surface area contributed by atoms with Crippen molar-refractivity contribution in [2.75, 3.05) is 20.7 Å². The largest absolute Gasteiger partial charge is 0.497 e. The van der Waals surface area contributed by atoms with Gasteiger partial charge in [0.2, 0.25) is 5.91 Å². The molecule has 2 rings (SSSR count). The molecule has 0 saturated carbocycles. The summed E-state index contributed by atoms with van der Waals surface area (Å²) in [4.78, 5) is 14.2. The van der Waals surface area contributed by atoms with E-state index in [1.54, 1.807) is 7.11 Å². The zero-order valence-corrected chi connectivity index (χ0v) is 15.0. The molecule has 0 aliphatic rings. The number of rotatable bonds is 7. The number of nitrogens with zero attached hydrogens (tertiary/aromatic N) is 1. The van der Waals surface area contributed by atoms with Gasteiger partial charge >= 0.3 is 0 Å². The van der Waals surface area contributed by atoms with Crippen LogP contribution in [-0.2, 0) is 11.3 Å². The molecule has 24 heavy (non-hydrogen) atoms. The Morgan fingerprint density at radius 3 is 2.50 bits per heavy atom. The van der Waals surface area contributed by atoms with Crippen molar-refractivity contribution < 1.29 is 9.53 Å². The number of methoxy groups -OCH3 is 1. The first kappa shape index (κ1) is 18.3. The lowest BCUT2D eigenvalue weighted by molar-refractivity contribution is -0.122. The van der Waals surface area contributed by atoms with E-state index in [1.165, 1.54) is 0 Å².